The molecule has 0 bridgehead atoms. The Morgan fingerprint density at radius 2 is 2.29 bits per heavy atom. The van der Waals surface area contributed by atoms with Crippen molar-refractivity contribution in [2.75, 3.05) is 7.11 Å². The Labute approximate surface area is 42.4 Å². The fourth-order valence-corrected chi connectivity index (χ4v) is 0.186. The van der Waals surface area contributed by atoms with E-state index in [-0.39, 0.29) is 5.97 Å². The number of hydrogen-bond acceptors (Lipinski definition) is 3. The molecule has 3 nitrogen and oxygen atoms in total. The molecule has 7 heavy (non-hydrogen) atoms. The highest BCUT2D eigenvalue weighted by Gasteiger charge is 2.03. The van der Waals surface area contributed by atoms with E-state index >= 15 is 0 Å². The van der Waals surface area contributed by atoms with Crippen molar-refractivity contribution >= 4 is 5.97 Å². The molecule has 42 valence electrons. The van der Waals surface area contributed by atoms with E-state index in [1.165, 1.54) is 7.11 Å². The normalized spacial score (nSPS) is 13.0. The first kappa shape index (κ1) is 6.43. The van der Waals surface area contributed by atoms with Crippen molar-refractivity contribution < 1.29 is 9.53 Å². The maximum atomic E-state index is 10.2. The zero-order valence-electron chi connectivity index (χ0n) is 4.47. The van der Waals surface area contributed by atoms with E-state index in [4.69, 9.17) is 5.73 Å². The second kappa shape index (κ2) is 2.58. The van der Waals surface area contributed by atoms with Gasteiger partial charge in [-0.3, -0.25) is 4.79 Å². The van der Waals surface area contributed by atoms with E-state index in [2.05, 4.69) is 4.74 Å². The van der Waals surface area contributed by atoms with E-state index in [0.29, 0.717) is 0 Å². The lowest BCUT2D eigenvalue weighted by molar-refractivity contribution is -0.141. The van der Waals surface area contributed by atoms with Crippen molar-refractivity contribution in [1.29, 1.82) is 0 Å². The molecule has 0 rings (SSSR count). The second-order valence-electron chi connectivity index (χ2n) is 1.31. The SMILES string of the molecule is COC(=O)C(C)N. The zero-order chi connectivity index (χ0) is 5.86. The zero-order valence-corrected chi connectivity index (χ0v) is 4.47. The summed E-state index contributed by atoms with van der Waals surface area (Å²) in [5, 5.41) is 0. The van der Waals surface area contributed by atoms with Gasteiger partial charge >= 0.3 is 5.97 Å². The predicted octanol–water partition coefficient (Wildman–Crippen LogP) is -0.493. The summed E-state index contributed by atoms with van der Waals surface area (Å²) in [6.07, 6.45) is 0. The molecular weight excluding hydrogens is 94.0 g/mol. The third kappa shape index (κ3) is 2.17. The minimum atomic E-state index is -0.495. The molecule has 0 fully saturated rings. The van der Waals surface area contributed by atoms with Crippen LogP contribution in [0.25, 0.3) is 0 Å². The summed E-state index contributed by atoms with van der Waals surface area (Å²) < 4.78 is 4.25. The Bertz CT molecular complexity index is 70.1. The van der Waals surface area contributed by atoms with Gasteiger partial charge in [0.2, 0.25) is 0 Å². The number of ether oxygens (including phenoxy) is 1. The summed E-state index contributed by atoms with van der Waals surface area (Å²) in [4.78, 5) is 10.2. The van der Waals surface area contributed by atoms with Crippen molar-refractivity contribution in [2.45, 2.75) is 13.0 Å². The lowest BCUT2D eigenvalue weighted by Crippen LogP contribution is -2.27. The summed E-state index contributed by atoms with van der Waals surface area (Å²) in [6.45, 7) is 1.58. The number of rotatable bonds is 1. The number of carbonyl (C=O) groups excluding carboxylic acids is 1. The standard InChI is InChI=1S/C4H9NO2/c1-3(5)4(6)7-2/h3H,5H2,1-2H3. The third-order valence-electron chi connectivity index (χ3n) is 0.573. The van der Waals surface area contributed by atoms with Gasteiger partial charge in [0.05, 0.1) is 7.11 Å². The van der Waals surface area contributed by atoms with Crippen LogP contribution >= 0.6 is 0 Å². The molecule has 0 aliphatic heterocycles. The summed E-state index contributed by atoms with van der Waals surface area (Å²) in [5.41, 5.74) is 5.07. The van der Waals surface area contributed by atoms with Crippen LogP contribution in [0.5, 0.6) is 0 Å². The highest BCUT2D eigenvalue weighted by atomic mass is 16.5. The Morgan fingerprint density at radius 1 is 1.86 bits per heavy atom. The molecule has 0 heterocycles. The van der Waals surface area contributed by atoms with Crippen LogP contribution in [0, 0.1) is 0 Å². The molecule has 0 aromatic rings. The minimum Gasteiger partial charge on any atom is -0.468 e. The Balaban J connectivity index is 3.35. The molecule has 0 aliphatic rings. The van der Waals surface area contributed by atoms with Gasteiger partial charge in [-0.2, -0.15) is 0 Å². The van der Waals surface area contributed by atoms with Crippen molar-refractivity contribution in [2.24, 2.45) is 5.73 Å². The molecule has 1 unspecified atom stereocenters. The van der Waals surface area contributed by atoms with E-state index in [0.717, 1.165) is 0 Å². The van der Waals surface area contributed by atoms with E-state index in [1.54, 1.807) is 6.92 Å². The summed E-state index contributed by atoms with van der Waals surface area (Å²) in [6, 6.07) is -0.495. The van der Waals surface area contributed by atoms with Crippen LogP contribution in [-0.4, -0.2) is 19.1 Å². The van der Waals surface area contributed by atoms with Crippen LogP contribution in [0.15, 0.2) is 0 Å². The first-order valence-electron chi connectivity index (χ1n) is 2.02. The monoisotopic (exact) mass is 103 g/mol. The highest BCUT2D eigenvalue weighted by Crippen LogP contribution is 1.76. The minimum absolute atomic E-state index is 0.375. The van der Waals surface area contributed by atoms with Crippen LogP contribution in [0.1, 0.15) is 6.92 Å². The molecular formula is C4H9NO2. The summed E-state index contributed by atoms with van der Waals surface area (Å²) >= 11 is 0. The van der Waals surface area contributed by atoms with E-state index in [9.17, 15) is 4.79 Å². The van der Waals surface area contributed by atoms with Gasteiger partial charge in [0.1, 0.15) is 6.04 Å². The molecule has 0 spiro atoms. The largest absolute Gasteiger partial charge is 0.468 e. The van der Waals surface area contributed by atoms with Gasteiger partial charge in [-0.05, 0) is 6.92 Å². The van der Waals surface area contributed by atoms with Crippen LogP contribution in [0.3, 0.4) is 0 Å². The van der Waals surface area contributed by atoms with Crippen molar-refractivity contribution in [3.05, 3.63) is 0 Å². The third-order valence-corrected chi connectivity index (χ3v) is 0.573. The molecule has 0 saturated heterocycles. The second-order valence-corrected chi connectivity index (χ2v) is 1.31. The molecule has 1 atom stereocenters. The van der Waals surface area contributed by atoms with Crippen molar-refractivity contribution in [3.8, 4) is 0 Å². The quantitative estimate of drug-likeness (QED) is 0.455. The van der Waals surface area contributed by atoms with Gasteiger partial charge in [-0.25, -0.2) is 0 Å². The molecule has 0 aliphatic carbocycles. The maximum absolute atomic E-state index is 10.2. The van der Waals surface area contributed by atoms with Crippen LogP contribution in [0.4, 0.5) is 0 Å². The van der Waals surface area contributed by atoms with Crippen LogP contribution < -0.4 is 5.73 Å². The van der Waals surface area contributed by atoms with Crippen LogP contribution in [0.2, 0.25) is 0 Å². The topological polar surface area (TPSA) is 52.3 Å². The van der Waals surface area contributed by atoms with Crippen LogP contribution in [-0.2, 0) is 9.53 Å². The molecule has 3 heteroatoms. The fourth-order valence-electron chi connectivity index (χ4n) is 0.186. The Morgan fingerprint density at radius 3 is 2.29 bits per heavy atom. The van der Waals surface area contributed by atoms with Gasteiger partial charge in [-0.1, -0.05) is 0 Å². The number of carbonyl (C=O) groups is 1. The molecule has 0 saturated carbocycles. The number of hydrogen-bond donors (Lipinski definition) is 1. The predicted molar refractivity (Wildman–Crippen MR) is 25.7 cm³/mol. The molecule has 0 amide bonds. The molecule has 0 radical (unpaired) electrons. The maximum Gasteiger partial charge on any atom is 0.322 e. The molecule has 0 aromatic heterocycles. The van der Waals surface area contributed by atoms with Crippen molar-refractivity contribution in [3.63, 3.8) is 0 Å². The fraction of sp³-hybridized carbons (Fsp3) is 0.750. The lowest BCUT2D eigenvalue weighted by Gasteiger charge is -1.98. The van der Waals surface area contributed by atoms with Gasteiger partial charge in [0, 0.05) is 0 Å². The summed E-state index contributed by atoms with van der Waals surface area (Å²) in [7, 11) is 1.31. The first-order chi connectivity index (χ1) is 3.18. The van der Waals surface area contributed by atoms with Gasteiger partial charge < -0.3 is 10.5 Å². The Kier molecular flexibility index (Phi) is 2.37. The average Bonchev–Trinajstić information content (AvgIpc) is 1.65. The molecule has 2 N–H and O–H groups in total. The smallest absolute Gasteiger partial charge is 0.322 e. The van der Waals surface area contributed by atoms with Crippen molar-refractivity contribution in [1.82, 2.24) is 0 Å². The van der Waals surface area contributed by atoms with E-state index in [1.807, 2.05) is 0 Å². The summed E-state index contributed by atoms with van der Waals surface area (Å²) in [5.74, 6) is -0.375. The van der Waals surface area contributed by atoms with Gasteiger partial charge in [-0.15, -0.1) is 0 Å². The number of esters is 1. The first-order valence-corrected chi connectivity index (χ1v) is 2.02. The number of nitrogens with two attached hydrogens (primary N) is 1. The van der Waals surface area contributed by atoms with E-state index < -0.39 is 6.04 Å². The Hall–Kier alpha value is -0.570. The average molecular weight is 103 g/mol. The highest BCUT2D eigenvalue weighted by molar-refractivity contribution is 5.74. The van der Waals surface area contributed by atoms with Gasteiger partial charge in [0.15, 0.2) is 0 Å². The number of methoxy groups -OCH3 is 1. The molecule has 0 aromatic carbocycles. The lowest BCUT2D eigenvalue weighted by atomic mass is 10.4. The van der Waals surface area contributed by atoms with Gasteiger partial charge in [0.25, 0.3) is 0 Å².